The van der Waals surface area contributed by atoms with Crippen LogP contribution in [0.15, 0.2) is 61.2 Å². The van der Waals surface area contributed by atoms with Crippen LogP contribution in [-0.4, -0.2) is 47.0 Å². The van der Waals surface area contributed by atoms with Crippen molar-refractivity contribution in [3.8, 4) is 0 Å². The van der Waals surface area contributed by atoms with Crippen molar-refractivity contribution < 1.29 is 19.1 Å². The highest BCUT2D eigenvalue weighted by Crippen LogP contribution is 2.29. The van der Waals surface area contributed by atoms with Gasteiger partial charge in [-0.15, -0.1) is 6.58 Å². The Morgan fingerprint density at radius 2 is 1.62 bits per heavy atom. The lowest BCUT2D eigenvalue weighted by Crippen LogP contribution is -2.54. The number of amides is 3. The maximum Gasteiger partial charge on any atom is 0.408 e. The van der Waals surface area contributed by atoms with E-state index >= 15 is 0 Å². The van der Waals surface area contributed by atoms with Crippen LogP contribution in [0.25, 0.3) is 0 Å². The SMILES string of the molecule is C=CCN(C(=O)C(Cc1ccccc1)NC(=O)OC(C)(C)C)C(C(=O)NC(C)CCC)c1c(C)cccc1C. The Morgan fingerprint density at radius 3 is 2.15 bits per heavy atom. The smallest absolute Gasteiger partial charge is 0.408 e. The van der Waals surface area contributed by atoms with Crippen molar-refractivity contribution in [3.05, 3.63) is 83.4 Å². The Balaban J connectivity index is 2.58. The Kier molecular flexibility index (Phi) is 11.8. The second kappa shape index (κ2) is 14.5. The molecule has 2 rings (SSSR count). The van der Waals surface area contributed by atoms with Gasteiger partial charge in [-0.1, -0.05) is 68.0 Å². The van der Waals surface area contributed by atoms with Gasteiger partial charge < -0.3 is 20.3 Å². The predicted molar refractivity (Wildman–Crippen MR) is 156 cm³/mol. The van der Waals surface area contributed by atoms with E-state index in [-0.39, 0.29) is 24.9 Å². The number of nitrogens with one attached hydrogen (secondary N) is 2. The maximum absolute atomic E-state index is 14.3. The molecule has 0 heterocycles. The minimum atomic E-state index is -0.963. The van der Waals surface area contributed by atoms with Gasteiger partial charge in [0.2, 0.25) is 11.8 Å². The van der Waals surface area contributed by atoms with Gasteiger partial charge >= 0.3 is 6.09 Å². The monoisotopic (exact) mass is 535 g/mol. The summed E-state index contributed by atoms with van der Waals surface area (Å²) in [6, 6.07) is 13.3. The molecule has 2 aromatic carbocycles. The molecule has 0 spiro atoms. The second-order valence-electron chi connectivity index (χ2n) is 11.1. The minimum absolute atomic E-state index is 0.0602. The highest BCUT2D eigenvalue weighted by Gasteiger charge is 2.37. The molecular weight excluding hydrogens is 490 g/mol. The Morgan fingerprint density at radius 1 is 1.00 bits per heavy atom. The summed E-state index contributed by atoms with van der Waals surface area (Å²) in [7, 11) is 0. The van der Waals surface area contributed by atoms with Crippen LogP contribution in [0.5, 0.6) is 0 Å². The van der Waals surface area contributed by atoms with Crippen molar-refractivity contribution in [1.29, 1.82) is 0 Å². The summed E-state index contributed by atoms with van der Waals surface area (Å²) in [5.41, 5.74) is 2.71. The van der Waals surface area contributed by atoms with Crippen molar-refractivity contribution in [3.63, 3.8) is 0 Å². The molecule has 7 heteroatoms. The minimum Gasteiger partial charge on any atom is -0.444 e. The van der Waals surface area contributed by atoms with Crippen molar-refractivity contribution in [2.45, 2.75) is 91.5 Å². The van der Waals surface area contributed by atoms with E-state index in [4.69, 9.17) is 4.74 Å². The van der Waals surface area contributed by atoms with E-state index in [0.717, 1.165) is 35.1 Å². The number of aryl methyl sites for hydroxylation is 2. The van der Waals surface area contributed by atoms with Crippen molar-refractivity contribution in [2.24, 2.45) is 0 Å². The molecule has 0 fully saturated rings. The van der Waals surface area contributed by atoms with Crippen LogP contribution < -0.4 is 10.6 Å². The van der Waals surface area contributed by atoms with E-state index < -0.39 is 29.7 Å². The van der Waals surface area contributed by atoms with Gasteiger partial charge in [0, 0.05) is 19.0 Å². The lowest BCUT2D eigenvalue weighted by molar-refractivity contribution is -0.142. The van der Waals surface area contributed by atoms with Gasteiger partial charge in [-0.2, -0.15) is 0 Å². The van der Waals surface area contributed by atoms with E-state index in [1.165, 1.54) is 4.90 Å². The first-order valence-electron chi connectivity index (χ1n) is 13.7. The fraction of sp³-hybridized carbons (Fsp3) is 0.469. The van der Waals surface area contributed by atoms with Crippen LogP contribution in [-0.2, 0) is 20.7 Å². The lowest BCUT2D eigenvalue weighted by atomic mass is 9.93. The van der Waals surface area contributed by atoms with E-state index in [1.54, 1.807) is 26.8 Å². The summed E-state index contributed by atoms with van der Waals surface area (Å²) in [4.78, 5) is 42.6. The molecule has 0 saturated heterocycles. The van der Waals surface area contributed by atoms with Crippen LogP contribution in [0.1, 0.15) is 75.8 Å². The average molecular weight is 536 g/mol. The summed E-state index contributed by atoms with van der Waals surface area (Å²) < 4.78 is 5.49. The molecule has 0 aliphatic carbocycles. The van der Waals surface area contributed by atoms with Crippen molar-refractivity contribution in [1.82, 2.24) is 15.5 Å². The third kappa shape index (κ3) is 9.57. The van der Waals surface area contributed by atoms with Crippen LogP contribution in [0, 0.1) is 13.8 Å². The first kappa shape index (κ1) is 31.6. The molecule has 3 amide bonds. The van der Waals surface area contributed by atoms with Crippen molar-refractivity contribution >= 4 is 17.9 Å². The van der Waals surface area contributed by atoms with Gasteiger partial charge in [0.1, 0.15) is 17.7 Å². The molecule has 7 nitrogen and oxygen atoms in total. The highest BCUT2D eigenvalue weighted by atomic mass is 16.6. The van der Waals surface area contributed by atoms with Gasteiger partial charge in [-0.3, -0.25) is 9.59 Å². The van der Waals surface area contributed by atoms with Gasteiger partial charge in [-0.25, -0.2) is 4.79 Å². The number of rotatable bonds is 12. The Bertz CT molecular complexity index is 1100. The molecule has 3 atom stereocenters. The van der Waals surface area contributed by atoms with Gasteiger partial charge in [0.05, 0.1) is 0 Å². The van der Waals surface area contributed by atoms with E-state index in [9.17, 15) is 14.4 Å². The molecule has 2 aromatic rings. The number of carbonyl (C=O) groups excluding carboxylic acids is 3. The summed E-state index contributed by atoms with van der Waals surface area (Å²) in [6.45, 7) is 17.2. The molecular formula is C32H45N3O4. The zero-order valence-corrected chi connectivity index (χ0v) is 24.5. The summed E-state index contributed by atoms with van der Waals surface area (Å²) in [5.74, 6) is -0.658. The van der Waals surface area contributed by atoms with Gasteiger partial charge in [0.15, 0.2) is 0 Å². The molecule has 2 N–H and O–H groups in total. The molecule has 39 heavy (non-hydrogen) atoms. The number of carbonyl (C=O) groups is 3. The van der Waals surface area contributed by atoms with E-state index in [0.29, 0.717) is 0 Å². The standard InChI is InChI=1S/C32H45N3O4/c1-9-15-24(5)33-29(36)28(27-22(3)16-14-17-23(27)4)35(20-10-2)30(37)26(21-25-18-12-11-13-19-25)34-31(38)39-32(6,7)8/h10-14,16-19,24,26,28H,2,9,15,20-21H2,1,3-8H3,(H,33,36)(H,34,38). The lowest BCUT2D eigenvalue weighted by Gasteiger charge is -2.35. The van der Waals surface area contributed by atoms with Crippen LogP contribution in [0.4, 0.5) is 4.79 Å². The first-order chi connectivity index (χ1) is 18.4. The van der Waals surface area contributed by atoms with Crippen LogP contribution >= 0.6 is 0 Å². The van der Waals surface area contributed by atoms with Gasteiger partial charge in [0.25, 0.3) is 0 Å². The largest absolute Gasteiger partial charge is 0.444 e. The molecule has 0 aliphatic heterocycles. The molecule has 212 valence electrons. The highest BCUT2D eigenvalue weighted by molar-refractivity contribution is 5.93. The molecule has 0 aliphatic rings. The topological polar surface area (TPSA) is 87.7 Å². The average Bonchev–Trinajstić information content (AvgIpc) is 2.84. The number of hydrogen-bond donors (Lipinski definition) is 2. The zero-order chi connectivity index (χ0) is 29.2. The second-order valence-corrected chi connectivity index (χ2v) is 11.1. The first-order valence-corrected chi connectivity index (χ1v) is 13.7. The van der Waals surface area contributed by atoms with Gasteiger partial charge in [-0.05, 0) is 70.2 Å². The van der Waals surface area contributed by atoms with E-state index in [2.05, 4.69) is 24.1 Å². The molecule has 0 bridgehead atoms. The van der Waals surface area contributed by atoms with Crippen LogP contribution in [0.2, 0.25) is 0 Å². The fourth-order valence-corrected chi connectivity index (χ4v) is 4.68. The number of alkyl carbamates (subject to hydrolysis) is 1. The summed E-state index contributed by atoms with van der Waals surface area (Å²) in [6.07, 6.45) is 2.88. The molecule has 0 radical (unpaired) electrons. The Labute approximate surface area is 234 Å². The Hall–Kier alpha value is -3.61. The van der Waals surface area contributed by atoms with Crippen LogP contribution in [0.3, 0.4) is 0 Å². The zero-order valence-electron chi connectivity index (χ0n) is 24.5. The molecule has 3 unspecified atom stereocenters. The third-order valence-electron chi connectivity index (χ3n) is 6.37. The van der Waals surface area contributed by atoms with E-state index in [1.807, 2.05) is 69.3 Å². The number of nitrogens with zero attached hydrogens (tertiary/aromatic N) is 1. The quantitative estimate of drug-likeness (QED) is 0.336. The third-order valence-corrected chi connectivity index (χ3v) is 6.37. The molecule has 0 aromatic heterocycles. The predicted octanol–water partition coefficient (Wildman–Crippen LogP) is 5.80. The normalized spacial score (nSPS) is 13.5. The number of hydrogen-bond acceptors (Lipinski definition) is 4. The maximum atomic E-state index is 14.3. The summed E-state index contributed by atoms with van der Waals surface area (Å²) in [5, 5.41) is 5.89. The number of ether oxygens (including phenoxy) is 1. The molecule has 0 saturated carbocycles. The fourth-order valence-electron chi connectivity index (χ4n) is 4.68. The summed E-state index contributed by atoms with van der Waals surface area (Å²) >= 11 is 0. The van der Waals surface area contributed by atoms with Crippen molar-refractivity contribution in [2.75, 3.05) is 6.54 Å². The number of benzene rings is 2.